The van der Waals surface area contributed by atoms with Gasteiger partial charge in [-0.2, -0.15) is 0 Å². The highest BCUT2D eigenvalue weighted by Crippen LogP contribution is 2.35. The molecule has 0 aromatic heterocycles. The standard InChI is InChI=1S/C12H21/c1-2-6-11(7-3-1)10-12-8-4-5-9-12/h4,11-12H,1-3,5-10H2. The van der Waals surface area contributed by atoms with Gasteiger partial charge in [-0.25, -0.2) is 0 Å². The van der Waals surface area contributed by atoms with Crippen molar-refractivity contribution < 1.29 is 0 Å². The normalized spacial score (nSPS) is 28.0. The molecule has 0 N–H and O–H groups in total. The first-order valence-electron chi connectivity index (χ1n) is 5.77. The van der Waals surface area contributed by atoms with Gasteiger partial charge in [0.15, 0.2) is 0 Å². The first-order chi connectivity index (χ1) is 5.95. The molecule has 2 rings (SSSR count). The summed E-state index contributed by atoms with van der Waals surface area (Å²) in [4.78, 5) is 0. The van der Waals surface area contributed by atoms with Gasteiger partial charge in [-0.3, -0.25) is 0 Å². The predicted molar refractivity (Wildman–Crippen MR) is 52.8 cm³/mol. The van der Waals surface area contributed by atoms with Crippen molar-refractivity contribution in [3.8, 4) is 0 Å². The molecular formula is C12H21. The summed E-state index contributed by atoms with van der Waals surface area (Å²) in [7, 11) is 0. The summed E-state index contributed by atoms with van der Waals surface area (Å²) < 4.78 is 0. The van der Waals surface area contributed by atoms with Gasteiger partial charge in [0.2, 0.25) is 0 Å². The molecule has 0 nitrogen and oxygen atoms in total. The maximum atomic E-state index is 2.49. The highest BCUT2D eigenvalue weighted by atomic mass is 14.3. The van der Waals surface area contributed by atoms with Crippen LogP contribution in [0.4, 0.5) is 0 Å². The van der Waals surface area contributed by atoms with Crippen LogP contribution >= 0.6 is 0 Å². The third-order valence-electron chi connectivity index (χ3n) is 3.67. The van der Waals surface area contributed by atoms with E-state index in [9.17, 15) is 0 Å². The van der Waals surface area contributed by atoms with E-state index in [1.165, 1.54) is 51.4 Å². The van der Waals surface area contributed by atoms with Crippen LogP contribution in [0.3, 0.4) is 0 Å². The van der Waals surface area contributed by atoms with E-state index >= 15 is 0 Å². The molecule has 0 aliphatic heterocycles. The van der Waals surface area contributed by atoms with E-state index < -0.39 is 0 Å². The summed E-state index contributed by atoms with van der Waals surface area (Å²) >= 11 is 0. The molecule has 1 radical (unpaired) electrons. The van der Waals surface area contributed by atoms with Crippen molar-refractivity contribution in [2.75, 3.05) is 0 Å². The maximum absolute atomic E-state index is 2.49. The zero-order valence-electron chi connectivity index (χ0n) is 8.10. The van der Waals surface area contributed by atoms with Crippen LogP contribution in [-0.2, 0) is 0 Å². The summed E-state index contributed by atoms with van der Waals surface area (Å²) in [6.07, 6.45) is 16.0. The summed E-state index contributed by atoms with van der Waals surface area (Å²) in [6, 6.07) is 0. The Labute approximate surface area is 76.7 Å². The SMILES string of the molecule is [CH]1CCC(CC2CCCCC2)C1. The van der Waals surface area contributed by atoms with Gasteiger partial charge in [0.1, 0.15) is 0 Å². The third kappa shape index (κ3) is 2.24. The average Bonchev–Trinajstić information content (AvgIpc) is 2.59. The van der Waals surface area contributed by atoms with Crippen LogP contribution in [0.5, 0.6) is 0 Å². The lowest BCUT2D eigenvalue weighted by Crippen LogP contribution is -2.10. The molecule has 0 saturated heterocycles. The topological polar surface area (TPSA) is 0 Å². The van der Waals surface area contributed by atoms with E-state index in [0.717, 1.165) is 11.8 Å². The van der Waals surface area contributed by atoms with Crippen molar-refractivity contribution in [3.05, 3.63) is 6.42 Å². The molecule has 0 aromatic carbocycles. The zero-order chi connectivity index (χ0) is 8.23. The molecule has 1 atom stereocenters. The number of hydrogen-bond acceptors (Lipinski definition) is 0. The van der Waals surface area contributed by atoms with Crippen LogP contribution in [0.1, 0.15) is 57.8 Å². The molecule has 12 heavy (non-hydrogen) atoms. The Morgan fingerprint density at radius 2 is 1.75 bits per heavy atom. The van der Waals surface area contributed by atoms with E-state index in [2.05, 4.69) is 6.42 Å². The Hall–Kier alpha value is 0. The first kappa shape index (κ1) is 8.59. The fraction of sp³-hybridized carbons (Fsp3) is 0.917. The van der Waals surface area contributed by atoms with E-state index in [1.807, 2.05) is 0 Å². The second-order valence-electron chi connectivity index (χ2n) is 4.71. The maximum Gasteiger partial charge on any atom is -0.0383 e. The third-order valence-corrected chi connectivity index (χ3v) is 3.67. The minimum Gasteiger partial charge on any atom is -0.0533 e. The smallest absolute Gasteiger partial charge is 0.0383 e. The van der Waals surface area contributed by atoms with Gasteiger partial charge in [-0.1, -0.05) is 38.5 Å². The molecule has 0 amide bonds. The molecule has 2 fully saturated rings. The Morgan fingerprint density at radius 1 is 0.917 bits per heavy atom. The highest BCUT2D eigenvalue weighted by molar-refractivity contribution is 4.82. The molecule has 2 saturated carbocycles. The van der Waals surface area contributed by atoms with Crippen molar-refractivity contribution in [1.82, 2.24) is 0 Å². The molecule has 69 valence electrons. The van der Waals surface area contributed by atoms with Crippen molar-refractivity contribution >= 4 is 0 Å². The van der Waals surface area contributed by atoms with E-state index in [1.54, 1.807) is 6.42 Å². The highest BCUT2D eigenvalue weighted by Gasteiger charge is 2.21. The summed E-state index contributed by atoms with van der Waals surface area (Å²) in [5.74, 6) is 2.18. The van der Waals surface area contributed by atoms with Gasteiger partial charge >= 0.3 is 0 Å². The zero-order valence-corrected chi connectivity index (χ0v) is 8.10. The van der Waals surface area contributed by atoms with Crippen LogP contribution in [0.15, 0.2) is 0 Å². The van der Waals surface area contributed by atoms with E-state index in [-0.39, 0.29) is 0 Å². The molecule has 0 heterocycles. The average molecular weight is 165 g/mol. The van der Waals surface area contributed by atoms with Crippen molar-refractivity contribution in [1.29, 1.82) is 0 Å². The first-order valence-corrected chi connectivity index (χ1v) is 5.77. The molecule has 0 spiro atoms. The van der Waals surface area contributed by atoms with Crippen molar-refractivity contribution in [3.63, 3.8) is 0 Å². The van der Waals surface area contributed by atoms with Crippen molar-refractivity contribution in [2.24, 2.45) is 11.8 Å². The second kappa shape index (κ2) is 4.30. The Balaban J connectivity index is 1.69. The molecule has 2 aliphatic rings. The molecule has 2 aliphatic carbocycles. The van der Waals surface area contributed by atoms with Gasteiger partial charge < -0.3 is 0 Å². The minimum atomic E-state index is 1.08. The quantitative estimate of drug-likeness (QED) is 0.581. The lowest BCUT2D eigenvalue weighted by Gasteiger charge is -2.24. The summed E-state index contributed by atoms with van der Waals surface area (Å²) in [6.45, 7) is 0. The Morgan fingerprint density at radius 3 is 2.42 bits per heavy atom. The molecular weight excluding hydrogens is 144 g/mol. The fourth-order valence-electron chi connectivity index (χ4n) is 2.93. The van der Waals surface area contributed by atoms with Crippen LogP contribution in [0.25, 0.3) is 0 Å². The van der Waals surface area contributed by atoms with Gasteiger partial charge in [0, 0.05) is 0 Å². The molecule has 0 aromatic rings. The van der Waals surface area contributed by atoms with E-state index in [0.29, 0.717) is 0 Å². The largest absolute Gasteiger partial charge is 0.0533 e. The molecule has 0 heteroatoms. The summed E-state index contributed by atoms with van der Waals surface area (Å²) in [5, 5.41) is 0. The van der Waals surface area contributed by atoms with Crippen LogP contribution < -0.4 is 0 Å². The van der Waals surface area contributed by atoms with Crippen LogP contribution in [0.2, 0.25) is 0 Å². The van der Waals surface area contributed by atoms with Gasteiger partial charge in [0.25, 0.3) is 0 Å². The fourth-order valence-corrected chi connectivity index (χ4v) is 2.93. The van der Waals surface area contributed by atoms with Gasteiger partial charge in [-0.05, 0) is 37.5 Å². The van der Waals surface area contributed by atoms with Gasteiger partial charge in [-0.15, -0.1) is 0 Å². The van der Waals surface area contributed by atoms with Crippen molar-refractivity contribution in [2.45, 2.75) is 57.8 Å². The Bertz CT molecular complexity index is 116. The lowest BCUT2D eigenvalue weighted by atomic mass is 9.82. The number of hydrogen-bond donors (Lipinski definition) is 0. The van der Waals surface area contributed by atoms with Gasteiger partial charge in [0.05, 0.1) is 0 Å². The lowest BCUT2D eigenvalue weighted by molar-refractivity contribution is 0.291. The molecule has 0 bridgehead atoms. The predicted octanol–water partition coefficient (Wildman–Crippen LogP) is 3.96. The van der Waals surface area contributed by atoms with Crippen LogP contribution in [0, 0.1) is 18.3 Å². The minimum absolute atomic E-state index is 1.08. The second-order valence-corrected chi connectivity index (χ2v) is 4.71. The van der Waals surface area contributed by atoms with Crippen LogP contribution in [-0.4, -0.2) is 0 Å². The molecule has 1 unspecified atom stereocenters. The summed E-state index contributed by atoms with van der Waals surface area (Å²) in [5.41, 5.74) is 0. The van der Waals surface area contributed by atoms with E-state index in [4.69, 9.17) is 0 Å². The monoisotopic (exact) mass is 165 g/mol. The Kier molecular flexibility index (Phi) is 3.08. The number of rotatable bonds is 2.